The second-order valence-corrected chi connectivity index (χ2v) is 4.96. The number of benzene rings is 1. The van der Waals surface area contributed by atoms with Gasteiger partial charge in [0.25, 0.3) is 10.0 Å². The van der Waals surface area contributed by atoms with Gasteiger partial charge in [-0.2, -0.15) is 0 Å². The molecule has 0 radical (unpaired) electrons. The fraction of sp³-hybridized carbons (Fsp3) is 0.111. The molecular weight excluding hydrogens is 222 g/mol. The van der Waals surface area contributed by atoms with Crippen LogP contribution in [0.3, 0.4) is 0 Å². The van der Waals surface area contributed by atoms with E-state index in [9.17, 15) is 8.42 Å². The maximum Gasteiger partial charge on any atom is 0.261 e. The highest BCUT2D eigenvalue weighted by molar-refractivity contribution is 7.89. The van der Waals surface area contributed by atoms with Crippen molar-refractivity contribution in [3.8, 4) is 0 Å². The highest BCUT2D eigenvalue weighted by atomic mass is 35.5. The summed E-state index contributed by atoms with van der Waals surface area (Å²) in [5.74, 6) is 0. The third-order valence-electron chi connectivity index (χ3n) is 1.43. The van der Waals surface area contributed by atoms with Crippen LogP contribution in [0.25, 0.3) is 0 Å². The first-order chi connectivity index (χ1) is 6.42. The average Bonchev–Trinajstić information content (AvgIpc) is 2.02. The molecule has 0 heterocycles. The molecule has 0 saturated heterocycles. The van der Waals surface area contributed by atoms with E-state index >= 15 is 0 Å². The molecule has 76 valence electrons. The Morgan fingerprint density at radius 3 is 2.29 bits per heavy atom. The topological polar surface area (TPSA) is 46.2 Å². The standard InChI is InChI=1S/C9H10ClNO2S/c1-7(2)11-14(12,13)9-5-3-8(10)4-6-9/h3-6,11H,1H2,2H3. The Morgan fingerprint density at radius 2 is 1.86 bits per heavy atom. The van der Waals surface area contributed by atoms with Gasteiger partial charge in [0, 0.05) is 10.7 Å². The minimum Gasteiger partial charge on any atom is -0.284 e. The van der Waals surface area contributed by atoms with Gasteiger partial charge in [0.15, 0.2) is 0 Å². The fourth-order valence-corrected chi connectivity index (χ4v) is 2.10. The Bertz CT molecular complexity index is 436. The van der Waals surface area contributed by atoms with Crippen LogP contribution in [0.1, 0.15) is 6.92 Å². The lowest BCUT2D eigenvalue weighted by Gasteiger charge is -2.06. The van der Waals surface area contributed by atoms with Crippen LogP contribution < -0.4 is 4.72 Å². The lowest BCUT2D eigenvalue weighted by molar-refractivity contribution is 0.589. The molecule has 1 rings (SSSR count). The summed E-state index contributed by atoms with van der Waals surface area (Å²) in [6.45, 7) is 5.04. The summed E-state index contributed by atoms with van der Waals surface area (Å²) in [4.78, 5) is 0.171. The van der Waals surface area contributed by atoms with Crippen LogP contribution in [-0.4, -0.2) is 8.42 Å². The smallest absolute Gasteiger partial charge is 0.261 e. The molecule has 0 aromatic heterocycles. The minimum absolute atomic E-state index is 0.171. The number of allylic oxidation sites excluding steroid dienone is 1. The first-order valence-electron chi connectivity index (χ1n) is 3.86. The molecule has 0 spiro atoms. The normalized spacial score (nSPS) is 11.0. The third-order valence-corrected chi connectivity index (χ3v) is 3.19. The summed E-state index contributed by atoms with van der Waals surface area (Å²) in [6, 6.07) is 5.92. The van der Waals surface area contributed by atoms with Crippen molar-refractivity contribution in [1.82, 2.24) is 4.72 Å². The second-order valence-electron chi connectivity index (χ2n) is 2.84. The molecule has 0 aliphatic rings. The van der Waals surface area contributed by atoms with Crippen LogP contribution >= 0.6 is 11.6 Å². The maximum absolute atomic E-state index is 11.5. The fourth-order valence-electron chi connectivity index (χ4n) is 0.902. The van der Waals surface area contributed by atoms with Crippen LogP contribution in [0.15, 0.2) is 41.4 Å². The Labute approximate surface area is 88.5 Å². The van der Waals surface area contributed by atoms with Gasteiger partial charge in [-0.1, -0.05) is 18.2 Å². The summed E-state index contributed by atoms with van der Waals surface area (Å²) in [6.07, 6.45) is 0. The monoisotopic (exact) mass is 231 g/mol. The molecule has 1 aromatic rings. The van der Waals surface area contributed by atoms with Gasteiger partial charge in [-0.15, -0.1) is 0 Å². The number of sulfonamides is 1. The number of halogens is 1. The minimum atomic E-state index is -3.48. The van der Waals surface area contributed by atoms with Gasteiger partial charge >= 0.3 is 0 Å². The zero-order chi connectivity index (χ0) is 10.8. The second kappa shape index (κ2) is 4.02. The lowest BCUT2D eigenvalue weighted by atomic mass is 10.4. The summed E-state index contributed by atoms with van der Waals surface area (Å²) >= 11 is 5.63. The molecule has 0 aliphatic heterocycles. The van der Waals surface area contributed by atoms with Gasteiger partial charge in [-0.3, -0.25) is 4.72 Å². The Balaban J connectivity index is 3.05. The molecular formula is C9H10ClNO2S. The first kappa shape index (κ1) is 11.1. The molecule has 0 atom stereocenters. The largest absolute Gasteiger partial charge is 0.284 e. The van der Waals surface area contributed by atoms with Crippen molar-refractivity contribution >= 4 is 21.6 Å². The van der Waals surface area contributed by atoms with Gasteiger partial charge in [-0.05, 0) is 31.2 Å². The van der Waals surface area contributed by atoms with Crippen molar-refractivity contribution in [2.24, 2.45) is 0 Å². The zero-order valence-electron chi connectivity index (χ0n) is 7.62. The molecule has 1 N–H and O–H groups in total. The Morgan fingerprint density at radius 1 is 1.36 bits per heavy atom. The van der Waals surface area contributed by atoms with E-state index in [4.69, 9.17) is 11.6 Å². The van der Waals surface area contributed by atoms with Crippen LogP contribution in [0, 0.1) is 0 Å². The quantitative estimate of drug-likeness (QED) is 0.867. The zero-order valence-corrected chi connectivity index (χ0v) is 9.19. The van der Waals surface area contributed by atoms with Gasteiger partial charge in [0.1, 0.15) is 0 Å². The van der Waals surface area contributed by atoms with Crippen molar-refractivity contribution in [3.63, 3.8) is 0 Å². The molecule has 14 heavy (non-hydrogen) atoms. The predicted molar refractivity (Wildman–Crippen MR) is 56.6 cm³/mol. The number of hydrogen-bond donors (Lipinski definition) is 1. The van der Waals surface area contributed by atoms with Gasteiger partial charge in [0.05, 0.1) is 4.90 Å². The van der Waals surface area contributed by atoms with Crippen LogP contribution in [-0.2, 0) is 10.0 Å². The van der Waals surface area contributed by atoms with Crippen molar-refractivity contribution in [3.05, 3.63) is 41.6 Å². The molecule has 0 saturated carbocycles. The first-order valence-corrected chi connectivity index (χ1v) is 5.72. The average molecular weight is 232 g/mol. The predicted octanol–water partition coefficient (Wildman–Crippen LogP) is 2.15. The molecule has 0 amide bonds. The number of rotatable bonds is 3. The lowest BCUT2D eigenvalue weighted by Crippen LogP contribution is -2.21. The number of nitrogens with one attached hydrogen (secondary N) is 1. The third kappa shape index (κ3) is 2.75. The van der Waals surface area contributed by atoms with Gasteiger partial charge < -0.3 is 0 Å². The van der Waals surface area contributed by atoms with Crippen molar-refractivity contribution in [2.45, 2.75) is 11.8 Å². The molecule has 0 fully saturated rings. The molecule has 3 nitrogen and oxygen atoms in total. The Hall–Kier alpha value is -1.00. The Kier molecular flexibility index (Phi) is 3.18. The van der Waals surface area contributed by atoms with Crippen molar-refractivity contribution in [2.75, 3.05) is 0 Å². The van der Waals surface area contributed by atoms with E-state index < -0.39 is 10.0 Å². The highest BCUT2D eigenvalue weighted by Crippen LogP contribution is 2.14. The van der Waals surface area contributed by atoms with E-state index in [0.29, 0.717) is 10.7 Å². The molecule has 0 bridgehead atoms. The van der Waals surface area contributed by atoms with E-state index in [1.54, 1.807) is 6.92 Å². The van der Waals surface area contributed by atoms with E-state index in [1.165, 1.54) is 24.3 Å². The summed E-state index contributed by atoms with van der Waals surface area (Å²) in [5.41, 5.74) is 0.375. The molecule has 0 unspecified atom stereocenters. The summed E-state index contributed by atoms with van der Waals surface area (Å²) in [5, 5.41) is 0.499. The molecule has 5 heteroatoms. The van der Waals surface area contributed by atoms with Crippen LogP contribution in [0.2, 0.25) is 5.02 Å². The van der Waals surface area contributed by atoms with Crippen LogP contribution in [0.5, 0.6) is 0 Å². The van der Waals surface area contributed by atoms with E-state index in [2.05, 4.69) is 11.3 Å². The van der Waals surface area contributed by atoms with Crippen molar-refractivity contribution < 1.29 is 8.42 Å². The van der Waals surface area contributed by atoms with Crippen LogP contribution in [0.4, 0.5) is 0 Å². The highest BCUT2D eigenvalue weighted by Gasteiger charge is 2.12. The van der Waals surface area contributed by atoms with E-state index in [0.717, 1.165) is 0 Å². The summed E-state index contributed by atoms with van der Waals surface area (Å²) in [7, 11) is -3.48. The SMILES string of the molecule is C=C(C)NS(=O)(=O)c1ccc(Cl)cc1. The van der Waals surface area contributed by atoms with Crippen molar-refractivity contribution in [1.29, 1.82) is 0 Å². The van der Waals surface area contributed by atoms with E-state index in [1.807, 2.05) is 0 Å². The molecule has 0 aliphatic carbocycles. The molecule has 1 aromatic carbocycles. The van der Waals surface area contributed by atoms with Gasteiger partial charge in [0.2, 0.25) is 0 Å². The van der Waals surface area contributed by atoms with E-state index in [-0.39, 0.29) is 4.90 Å². The summed E-state index contributed by atoms with van der Waals surface area (Å²) < 4.78 is 25.4. The number of hydrogen-bond acceptors (Lipinski definition) is 2. The maximum atomic E-state index is 11.5. The van der Waals surface area contributed by atoms with Gasteiger partial charge in [-0.25, -0.2) is 8.42 Å².